The maximum absolute atomic E-state index is 13.9. The summed E-state index contributed by atoms with van der Waals surface area (Å²) in [6.45, 7) is 0.979. The molecule has 4 aromatic rings. The van der Waals surface area contributed by atoms with Gasteiger partial charge in [-0.05, 0) is 43.2 Å². The Morgan fingerprint density at radius 1 is 1.02 bits per heavy atom. The number of nitrogens with zero attached hydrogens (tertiary/aromatic N) is 3. The third-order valence-corrected chi connectivity index (χ3v) is 8.96. The van der Waals surface area contributed by atoms with E-state index in [0.29, 0.717) is 24.7 Å². The summed E-state index contributed by atoms with van der Waals surface area (Å²) in [6.07, 6.45) is 1.90. The number of thioether (sulfide) groups is 1. The maximum atomic E-state index is 13.9. The highest BCUT2D eigenvalue weighted by molar-refractivity contribution is 8.00. The van der Waals surface area contributed by atoms with Crippen molar-refractivity contribution in [1.82, 2.24) is 15.1 Å². The second kappa shape index (κ2) is 12.9. The predicted molar refractivity (Wildman–Crippen MR) is 167 cm³/mol. The van der Waals surface area contributed by atoms with Crippen LogP contribution >= 0.6 is 11.8 Å². The van der Waals surface area contributed by atoms with Crippen LogP contribution in [-0.4, -0.2) is 67.4 Å². The van der Waals surface area contributed by atoms with Crippen molar-refractivity contribution < 1.29 is 23.8 Å². The number of ether oxygens (including phenoxy) is 3. The van der Waals surface area contributed by atoms with E-state index in [0.717, 1.165) is 46.7 Å². The first kappa shape index (κ1) is 28.8. The highest BCUT2D eigenvalue weighted by Crippen LogP contribution is 2.50. The minimum Gasteiger partial charge on any atom is -0.497 e. The summed E-state index contributed by atoms with van der Waals surface area (Å²) in [4.78, 5) is 28.9. The topological polar surface area (TPSA) is 94.9 Å². The molecular formula is C33H34N4O5S. The first-order valence-corrected chi connectivity index (χ1v) is 15.4. The van der Waals surface area contributed by atoms with Crippen LogP contribution in [0.5, 0.6) is 11.5 Å². The van der Waals surface area contributed by atoms with E-state index in [1.165, 1.54) is 11.8 Å². The molecule has 3 aromatic carbocycles. The molecule has 2 aliphatic rings. The molecule has 1 aromatic heterocycles. The average Bonchev–Trinajstić information content (AvgIpc) is 3.69. The van der Waals surface area contributed by atoms with Crippen molar-refractivity contribution in [1.29, 1.82) is 0 Å². The molecule has 1 N–H and O–H groups in total. The Labute approximate surface area is 255 Å². The van der Waals surface area contributed by atoms with Gasteiger partial charge in [-0.25, -0.2) is 4.68 Å². The standard InChI is InChI=1S/C33H34N4O5S/c1-40-24-16-14-23(15-17-24)37-33-30(31(35-37)22-9-4-3-5-10-22)32(26-12-6-7-13-27(26)41-2)43-21-29(39)36(33)20-28(38)34-19-25-11-8-18-42-25/h3-7,9-10,12-17,25,32H,8,11,18-21H2,1-2H3,(H,34,38)/t25-,32-/m1/s1. The highest BCUT2D eigenvalue weighted by Gasteiger charge is 2.38. The van der Waals surface area contributed by atoms with Crippen molar-refractivity contribution in [3.05, 3.63) is 90.0 Å². The molecule has 0 radical (unpaired) electrons. The van der Waals surface area contributed by atoms with Gasteiger partial charge in [0.15, 0.2) is 0 Å². The molecule has 0 bridgehead atoms. The molecule has 222 valence electrons. The number of fused-ring (bicyclic) bond motifs is 1. The van der Waals surface area contributed by atoms with Gasteiger partial charge in [-0.1, -0.05) is 48.5 Å². The third kappa shape index (κ3) is 5.98. The molecule has 2 atom stereocenters. The van der Waals surface area contributed by atoms with Gasteiger partial charge in [0.05, 0.1) is 42.7 Å². The lowest BCUT2D eigenvalue weighted by molar-refractivity contribution is -0.123. The number of para-hydroxylation sites is 1. The van der Waals surface area contributed by atoms with Crippen molar-refractivity contribution in [3.8, 4) is 28.4 Å². The molecule has 0 unspecified atom stereocenters. The number of carbonyl (C=O) groups excluding carboxylic acids is 2. The van der Waals surface area contributed by atoms with Gasteiger partial charge in [0, 0.05) is 29.8 Å². The maximum Gasteiger partial charge on any atom is 0.240 e. The van der Waals surface area contributed by atoms with Gasteiger partial charge < -0.3 is 19.5 Å². The normalized spacial score (nSPS) is 18.2. The van der Waals surface area contributed by atoms with Gasteiger partial charge in [-0.2, -0.15) is 5.10 Å². The van der Waals surface area contributed by atoms with E-state index in [1.807, 2.05) is 78.9 Å². The molecular weight excluding hydrogens is 564 g/mol. The molecule has 43 heavy (non-hydrogen) atoms. The Hall–Kier alpha value is -4.28. The number of aromatic nitrogens is 2. The summed E-state index contributed by atoms with van der Waals surface area (Å²) in [7, 11) is 3.27. The second-order valence-corrected chi connectivity index (χ2v) is 11.5. The third-order valence-electron chi connectivity index (χ3n) is 7.73. The van der Waals surface area contributed by atoms with Gasteiger partial charge in [0.25, 0.3) is 0 Å². The SMILES string of the molecule is COc1ccc(-n2nc(-c3ccccc3)c3c2N(CC(=O)NC[C@H]2CCCO2)C(=O)CS[C@@H]3c2ccccc2OC)cc1. The lowest BCUT2D eigenvalue weighted by Gasteiger charge is -2.24. The van der Waals surface area contributed by atoms with Crippen molar-refractivity contribution >= 4 is 29.4 Å². The number of anilines is 1. The molecule has 0 aliphatic carbocycles. The van der Waals surface area contributed by atoms with Crippen LogP contribution in [0.15, 0.2) is 78.9 Å². The van der Waals surface area contributed by atoms with E-state index in [-0.39, 0.29) is 35.5 Å². The zero-order chi connectivity index (χ0) is 29.8. The monoisotopic (exact) mass is 598 g/mol. The van der Waals surface area contributed by atoms with Crippen LogP contribution in [-0.2, 0) is 14.3 Å². The molecule has 9 nitrogen and oxygen atoms in total. The van der Waals surface area contributed by atoms with Crippen LogP contribution in [0.2, 0.25) is 0 Å². The van der Waals surface area contributed by atoms with Crippen molar-refractivity contribution in [2.75, 3.05) is 44.6 Å². The largest absolute Gasteiger partial charge is 0.497 e. The lowest BCUT2D eigenvalue weighted by Crippen LogP contribution is -2.44. The zero-order valence-corrected chi connectivity index (χ0v) is 25.0. The van der Waals surface area contributed by atoms with Crippen molar-refractivity contribution in [3.63, 3.8) is 0 Å². The minimum absolute atomic E-state index is 0.000613. The Balaban J connectivity index is 1.53. The molecule has 1 fully saturated rings. The Kier molecular flexibility index (Phi) is 8.67. The van der Waals surface area contributed by atoms with Crippen molar-refractivity contribution in [2.24, 2.45) is 0 Å². The van der Waals surface area contributed by atoms with Crippen molar-refractivity contribution in [2.45, 2.75) is 24.2 Å². The molecule has 2 amide bonds. The fourth-order valence-corrected chi connectivity index (χ4v) is 6.82. The number of nitrogens with one attached hydrogen (secondary N) is 1. The summed E-state index contributed by atoms with van der Waals surface area (Å²) in [5.41, 5.74) is 4.15. The Morgan fingerprint density at radius 3 is 2.51 bits per heavy atom. The van der Waals surface area contributed by atoms with Gasteiger partial charge in [-0.15, -0.1) is 11.8 Å². The summed E-state index contributed by atoms with van der Waals surface area (Å²) in [5.74, 6) is 1.73. The number of amides is 2. The zero-order valence-electron chi connectivity index (χ0n) is 24.2. The minimum atomic E-state index is -0.294. The first-order chi connectivity index (χ1) is 21.1. The van der Waals surface area contributed by atoms with Crippen LogP contribution in [0.4, 0.5) is 5.82 Å². The number of benzene rings is 3. The van der Waals surface area contributed by atoms with Gasteiger partial charge in [-0.3, -0.25) is 14.5 Å². The van der Waals surface area contributed by atoms with Crippen LogP contribution in [0.1, 0.15) is 29.2 Å². The summed E-state index contributed by atoms with van der Waals surface area (Å²) in [6, 6.07) is 25.3. The molecule has 2 aliphatic heterocycles. The van der Waals surface area contributed by atoms with E-state index in [2.05, 4.69) is 5.32 Å². The summed E-state index contributed by atoms with van der Waals surface area (Å²) in [5, 5.41) is 7.83. The number of carbonyl (C=O) groups is 2. The summed E-state index contributed by atoms with van der Waals surface area (Å²) < 4.78 is 18.6. The molecule has 10 heteroatoms. The summed E-state index contributed by atoms with van der Waals surface area (Å²) >= 11 is 1.51. The molecule has 6 rings (SSSR count). The van der Waals surface area contributed by atoms with E-state index >= 15 is 0 Å². The van der Waals surface area contributed by atoms with Gasteiger partial charge in [0.1, 0.15) is 23.9 Å². The van der Waals surface area contributed by atoms with E-state index in [4.69, 9.17) is 19.3 Å². The smallest absolute Gasteiger partial charge is 0.240 e. The lowest BCUT2D eigenvalue weighted by atomic mass is 9.99. The number of methoxy groups -OCH3 is 2. The predicted octanol–water partition coefficient (Wildman–Crippen LogP) is 5.02. The number of hydrogen-bond donors (Lipinski definition) is 1. The second-order valence-electron chi connectivity index (χ2n) is 10.4. The Bertz CT molecular complexity index is 1580. The van der Waals surface area contributed by atoms with Crippen LogP contribution in [0.25, 0.3) is 16.9 Å². The fraction of sp³-hybridized carbons (Fsp3) is 0.303. The highest BCUT2D eigenvalue weighted by atomic mass is 32.2. The molecule has 0 saturated carbocycles. The quantitative estimate of drug-likeness (QED) is 0.289. The van der Waals surface area contributed by atoms with Crippen LogP contribution < -0.4 is 19.7 Å². The van der Waals surface area contributed by atoms with E-state index in [9.17, 15) is 9.59 Å². The molecule has 0 spiro atoms. The average molecular weight is 599 g/mol. The first-order valence-electron chi connectivity index (χ1n) is 14.3. The van der Waals surface area contributed by atoms with Gasteiger partial charge >= 0.3 is 0 Å². The van der Waals surface area contributed by atoms with Crippen LogP contribution in [0.3, 0.4) is 0 Å². The van der Waals surface area contributed by atoms with E-state index in [1.54, 1.807) is 23.8 Å². The molecule has 1 saturated heterocycles. The van der Waals surface area contributed by atoms with Gasteiger partial charge in [0.2, 0.25) is 11.8 Å². The van der Waals surface area contributed by atoms with E-state index < -0.39 is 0 Å². The number of hydrogen-bond acceptors (Lipinski definition) is 7. The Morgan fingerprint density at radius 2 is 1.79 bits per heavy atom. The fourth-order valence-electron chi connectivity index (χ4n) is 5.59. The number of rotatable bonds is 9. The molecule has 3 heterocycles. The van der Waals surface area contributed by atoms with Crippen LogP contribution in [0, 0.1) is 0 Å².